The highest BCUT2D eigenvalue weighted by Gasteiger charge is 2.18. The first-order valence-electron chi connectivity index (χ1n) is 9.86. The highest BCUT2D eigenvalue weighted by molar-refractivity contribution is 5.91. The van der Waals surface area contributed by atoms with E-state index in [1.807, 2.05) is 80.8 Å². The summed E-state index contributed by atoms with van der Waals surface area (Å²) in [7, 11) is 0. The predicted octanol–water partition coefficient (Wildman–Crippen LogP) is 4.06. The van der Waals surface area contributed by atoms with Crippen molar-refractivity contribution in [2.75, 3.05) is 5.32 Å². The van der Waals surface area contributed by atoms with Crippen LogP contribution in [0.5, 0.6) is 0 Å². The highest BCUT2D eigenvalue weighted by atomic mass is 16.2. The van der Waals surface area contributed by atoms with Gasteiger partial charge in [0.25, 0.3) is 5.56 Å². The Kier molecular flexibility index (Phi) is 4.99. The van der Waals surface area contributed by atoms with Gasteiger partial charge >= 0.3 is 0 Å². The highest BCUT2D eigenvalue weighted by Crippen LogP contribution is 2.24. The van der Waals surface area contributed by atoms with Crippen LogP contribution in [0.1, 0.15) is 22.4 Å². The molecule has 1 amide bonds. The lowest BCUT2D eigenvalue weighted by molar-refractivity contribution is -0.116. The third-order valence-corrected chi connectivity index (χ3v) is 5.60. The van der Waals surface area contributed by atoms with Gasteiger partial charge in [0.05, 0.1) is 5.39 Å². The number of amides is 1. The number of hydrogen-bond acceptors (Lipinski definition) is 3. The van der Waals surface area contributed by atoms with Crippen LogP contribution in [0.2, 0.25) is 0 Å². The largest absolute Gasteiger partial charge is 0.325 e. The third kappa shape index (κ3) is 3.41. The zero-order valence-electron chi connectivity index (χ0n) is 17.6. The van der Waals surface area contributed by atoms with Gasteiger partial charge in [-0.05, 0) is 68.7 Å². The molecule has 2 aromatic carbocycles. The van der Waals surface area contributed by atoms with Gasteiger partial charge in [0.15, 0.2) is 5.65 Å². The fourth-order valence-corrected chi connectivity index (χ4v) is 3.67. The summed E-state index contributed by atoms with van der Waals surface area (Å²) in [6.45, 7) is 7.81. The molecule has 0 aliphatic carbocycles. The Morgan fingerprint density at radius 1 is 1.00 bits per heavy atom. The second-order valence-corrected chi connectivity index (χ2v) is 7.60. The van der Waals surface area contributed by atoms with E-state index in [1.165, 1.54) is 10.9 Å². The van der Waals surface area contributed by atoms with E-state index in [-0.39, 0.29) is 18.0 Å². The molecule has 0 fully saturated rings. The summed E-state index contributed by atoms with van der Waals surface area (Å²) in [6.07, 6.45) is 1.45. The fourth-order valence-electron chi connectivity index (χ4n) is 3.67. The molecule has 0 radical (unpaired) electrons. The molecule has 0 unspecified atom stereocenters. The summed E-state index contributed by atoms with van der Waals surface area (Å²) in [4.78, 5) is 30.2. The SMILES string of the molecule is Cc1ccc(NC(=O)Cn2cnc3c(c(C)c(C)n3-c3ccccc3)c2=O)cc1C. The number of nitrogens with zero attached hydrogens (tertiary/aromatic N) is 3. The number of aryl methyl sites for hydroxylation is 3. The number of para-hydroxylation sites is 1. The van der Waals surface area contributed by atoms with E-state index < -0.39 is 0 Å². The normalized spacial score (nSPS) is 11.1. The van der Waals surface area contributed by atoms with Gasteiger partial charge in [-0.2, -0.15) is 0 Å². The standard InChI is InChI=1S/C24H24N4O2/c1-15-10-11-19(12-16(15)2)26-21(29)13-27-14-25-23-22(24(27)30)17(3)18(4)28(23)20-8-6-5-7-9-20/h5-12,14H,13H2,1-4H3,(H,26,29). The van der Waals surface area contributed by atoms with Gasteiger partial charge in [0.1, 0.15) is 12.9 Å². The van der Waals surface area contributed by atoms with Crippen LogP contribution in [0.25, 0.3) is 16.7 Å². The summed E-state index contributed by atoms with van der Waals surface area (Å²) in [5.74, 6) is -0.265. The average Bonchev–Trinajstić information content (AvgIpc) is 2.98. The van der Waals surface area contributed by atoms with E-state index in [0.717, 1.165) is 28.1 Å². The Morgan fingerprint density at radius 3 is 2.43 bits per heavy atom. The maximum absolute atomic E-state index is 13.2. The first-order valence-corrected chi connectivity index (χ1v) is 9.86. The second kappa shape index (κ2) is 7.63. The summed E-state index contributed by atoms with van der Waals surface area (Å²) in [5, 5.41) is 3.40. The lowest BCUT2D eigenvalue weighted by Gasteiger charge is -2.10. The van der Waals surface area contributed by atoms with E-state index in [1.54, 1.807) is 0 Å². The molecule has 6 nitrogen and oxygen atoms in total. The van der Waals surface area contributed by atoms with E-state index in [9.17, 15) is 9.59 Å². The first-order chi connectivity index (χ1) is 14.4. The molecule has 2 aromatic heterocycles. The monoisotopic (exact) mass is 400 g/mol. The number of nitrogens with one attached hydrogen (secondary N) is 1. The van der Waals surface area contributed by atoms with Crippen LogP contribution in [0.3, 0.4) is 0 Å². The van der Waals surface area contributed by atoms with Crippen molar-refractivity contribution in [3.63, 3.8) is 0 Å². The Morgan fingerprint density at radius 2 is 1.73 bits per heavy atom. The molecule has 0 aliphatic heterocycles. The first kappa shape index (κ1) is 19.6. The molecule has 0 saturated carbocycles. The zero-order chi connectivity index (χ0) is 21.4. The molecule has 4 rings (SSSR count). The van der Waals surface area contributed by atoms with Crippen molar-refractivity contribution < 1.29 is 4.79 Å². The van der Waals surface area contributed by atoms with Gasteiger partial charge in [0.2, 0.25) is 5.91 Å². The number of anilines is 1. The molecule has 0 atom stereocenters. The third-order valence-electron chi connectivity index (χ3n) is 5.60. The minimum atomic E-state index is -0.265. The second-order valence-electron chi connectivity index (χ2n) is 7.60. The van der Waals surface area contributed by atoms with Gasteiger partial charge in [-0.25, -0.2) is 4.98 Å². The summed E-state index contributed by atoms with van der Waals surface area (Å²) < 4.78 is 3.34. The summed E-state index contributed by atoms with van der Waals surface area (Å²) >= 11 is 0. The van der Waals surface area contributed by atoms with Crippen LogP contribution in [0.15, 0.2) is 59.7 Å². The van der Waals surface area contributed by atoms with Crippen LogP contribution in [0.4, 0.5) is 5.69 Å². The number of aromatic nitrogens is 3. The van der Waals surface area contributed by atoms with Crippen molar-refractivity contribution in [1.82, 2.24) is 14.1 Å². The van der Waals surface area contributed by atoms with Crippen LogP contribution in [0, 0.1) is 27.7 Å². The van der Waals surface area contributed by atoms with E-state index >= 15 is 0 Å². The molecule has 1 N–H and O–H groups in total. The maximum Gasteiger partial charge on any atom is 0.263 e. The number of carbonyl (C=O) groups is 1. The molecule has 152 valence electrons. The summed E-state index contributed by atoms with van der Waals surface area (Å²) in [6, 6.07) is 15.6. The molecule has 4 aromatic rings. The zero-order valence-corrected chi connectivity index (χ0v) is 17.6. The van der Waals surface area contributed by atoms with Crippen LogP contribution >= 0.6 is 0 Å². The van der Waals surface area contributed by atoms with Gasteiger partial charge in [0, 0.05) is 17.1 Å². The molecule has 0 spiro atoms. The van der Waals surface area contributed by atoms with Crippen molar-refractivity contribution in [1.29, 1.82) is 0 Å². The minimum absolute atomic E-state index is 0.0935. The number of fused-ring (bicyclic) bond motifs is 1. The van der Waals surface area contributed by atoms with Crippen LogP contribution in [-0.4, -0.2) is 20.0 Å². The summed E-state index contributed by atoms with van der Waals surface area (Å²) in [5.41, 5.74) is 6.14. The van der Waals surface area contributed by atoms with Crippen molar-refractivity contribution in [2.24, 2.45) is 0 Å². The Hall–Kier alpha value is -3.67. The molecule has 6 heteroatoms. The molecule has 0 saturated heterocycles. The smallest absolute Gasteiger partial charge is 0.263 e. The molecule has 30 heavy (non-hydrogen) atoms. The lowest BCUT2D eigenvalue weighted by atomic mass is 10.1. The van der Waals surface area contributed by atoms with Crippen molar-refractivity contribution in [2.45, 2.75) is 34.2 Å². The van der Waals surface area contributed by atoms with Crippen LogP contribution < -0.4 is 10.9 Å². The van der Waals surface area contributed by atoms with Crippen molar-refractivity contribution >= 4 is 22.6 Å². The number of rotatable bonds is 4. The Balaban J connectivity index is 1.69. The number of carbonyl (C=O) groups excluding carboxylic acids is 1. The van der Waals surface area contributed by atoms with E-state index in [2.05, 4.69) is 10.3 Å². The van der Waals surface area contributed by atoms with Gasteiger partial charge in [-0.3, -0.25) is 18.7 Å². The van der Waals surface area contributed by atoms with Gasteiger partial charge in [-0.15, -0.1) is 0 Å². The topological polar surface area (TPSA) is 68.9 Å². The van der Waals surface area contributed by atoms with E-state index in [4.69, 9.17) is 0 Å². The van der Waals surface area contributed by atoms with Crippen molar-refractivity contribution in [3.8, 4) is 5.69 Å². The molecule has 0 bridgehead atoms. The fraction of sp³-hybridized carbons (Fsp3) is 0.208. The molecular formula is C24H24N4O2. The molecule has 0 aliphatic rings. The number of benzene rings is 2. The van der Waals surface area contributed by atoms with Crippen molar-refractivity contribution in [3.05, 3.63) is 87.6 Å². The average molecular weight is 400 g/mol. The molecule has 2 heterocycles. The number of hydrogen-bond donors (Lipinski definition) is 1. The van der Waals surface area contributed by atoms with E-state index in [0.29, 0.717) is 16.7 Å². The van der Waals surface area contributed by atoms with Gasteiger partial charge in [-0.1, -0.05) is 24.3 Å². The van der Waals surface area contributed by atoms with Gasteiger partial charge < -0.3 is 5.32 Å². The maximum atomic E-state index is 13.2. The quantitative estimate of drug-likeness (QED) is 0.562. The Bertz CT molecular complexity index is 1320. The Labute approximate surface area is 174 Å². The minimum Gasteiger partial charge on any atom is -0.325 e. The molecular weight excluding hydrogens is 376 g/mol. The lowest BCUT2D eigenvalue weighted by Crippen LogP contribution is -2.28. The van der Waals surface area contributed by atoms with Crippen LogP contribution in [-0.2, 0) is 11.3 Å². The predicted molar refractivity (Wildman–Crippen MR) is 119 cm³/mol.